The topological polar surface area (TPSA) is 64.4 Å². The predicted octanol–water partition coefficient (Wildman–Crippen LogP) is 2.77. The zero-order valence-corrected chi connectivity index (χ0v) is 13.0. The summed E-state index contributed by atoms with van der Waals surface area (Å²) in [7, 11) is 0. The Morgan fingerprint density at radius 1 is 1.20 bits per heavy atom. The third-order valence-electron chi connectivity index (χ3n) is 2.63. The van der Waals surface area contributed by atoms with E-state index in [2.05, 4.69) is 40.0 Å². The van der Waals surface area contributed by atoms with Gasteiger partial charge in [0, 0.05) is 15.8 Å². The van der Waals surface area contributed by atoms with Crippen molar-refractivity contribution in [1.82, 2.24) is 0 Å². The summed E-state index contributed by atoms with van der Waals surface area (Å²) in [5.74, 6) is 0.163. The number of carbonyl (C=O) groups is 1. The molecule has 104 valence electrons. The molecule has 0 saturated carbocycles. The van der Waals surface area contributed by atoms with Gasteiger partial charge in [-0.3, -0.25) is 4.79 Å². The first-order chi connectivity index (χ1) is 9.63. The van der Waals surface area contributed by atoms with Crippen molar-refractivity contribution in [3.05, 3.63) is 57.7 Å². The molecule has 1 amide bonds. The van der Waals surface area contributed by atoms with Gasteiger partial charge in [0.25, 0.3) is 5.91 Å². The summed E-state index contributed by atoms with van der Waals surface area (Å²) in [6.07, 6.45) is 0. The summed E-state index contributed by atoms with van der Waals surface area (Å²) in [6.45, 7) is 0.635. The number of amides is 1. The fraction of sp³-hybridized carbons (Fsp3) is 0.133. The lowest BCUT2D eigenvalue weighted by Crippen LogP contribution is -2.19. The van der Waals surface area contributed by atoms with Gasteiger partial charge >= 0.3 is 0 Å². The van der Waals surface area contributed by atoms with Crippen LogP contribution in [0.4, 0.5) is 5.69 Å². The van der Waals surface area contributed by atoms with Gasteiger partial charge in [0.15, 0.2) is 6.61 Å². The van der Waals surface area contributed by atoms with Crippen molar-refractivity contribution in [2.24, 2.45) is 5.73 Å². The molecule has 0 aliphatic rings. The molecule has 0 fully saturated rings. The first-order valence-corrected chi connectivity index (χ1v) is 7.21. The number of carbonyl (C=O) groups excluding carboxylic acids is 1. The Labute approximate surface area is 131 Å². The van der Waals surface area contributed by atoms with Crippen molar-refractivity contribution in [1.29, 1.82) is 0 Å². The van der Waals surface area contributed by atoms with E-state index in [1.165, 1.54) is 3.57 Å². The number of halogens is 1. The van der Waals surface area contributed by atoms with E-state index in [1.807, 2.05) is 36.4 Å². The third-order valence-corrected chi connectivity index (χ3v) is 3.30. The highest BCUT2D eigenvalue weighted by molar-refractivity contribution is 14.1. The first kappa shape index (κ1) is 14.6. The molecule has 4 nitrogen and oxygen atoms in total. The largest absolute Gasteiger partial charge is 0.484 e. The highest BCUT2D eigenvalue weighted by atomic mass is 127. The van der Waals surface area contributed by atoms with Crippen LogP contribution >= 0.6 is 22.6 Å². The molecular formula is C15H15IN2O2. The van der Waals surface area contributed by atoms with Gasteiger partial charge in [-0.2, -0.15) is 0 Å². The minimum absolute atomic E-state index is 0.0972. The molecule has 2 rings (SSSR count). The average Bonchev–Trinajstić information content (AvgIpc) is 2.44. The quantitative estimate of drug-likeness (QED) is 0.756. The molecule has 20 heavy (non-hydrogen) atoms. The van der Waals surface area contributed by atoms with Crippen LogP contribution in [0.2, 0.25) is 0 Å². The van der Waals surface area contributed by atoms with E-state index in [9.17, 15) is 4.79 Å². The smallest absolute Gasteiger partial charge is 0.255 e. The number of primary amides is 1. The van der Waals surface area contributed by atoms with Crippen LogP contribution < -0.4 is 15.8 Å². The van der Waals surface area contributed by atoms with Crippen molar-refractivity contribution in [3.8, 4) is 5.75 Å². The lowest BCUT2D eigenvalue weighted by atomic mass is 10.2. The van der Waals surface area contributed by atoms with Crippen LogP contribution in [0.1, 0.15) is 5.56 Å². The summed E-state index contributed by atoms with van der Waals surface area (Å²) < 4.78 is 6.40. The number of nitrogens with one attached hydrogen (secondary N) is 1. The molecule has 0 atom stereocenters. The highest BCUT2D eigenvalue weighted by Crippen LogP contribution is 2.15. The van der Waals surface area contributed by atoms with Gasteiger partial charge in [-0.15, -0.1) is 0 Å². The highest BCUT2D eigenvalue weighted by Gasteiger charge is 1.99. The third kappa shape index (κ3) is 4.73. The van der Waals surface area contributed by atoms with E-state index in [1.54, 1.807) is 0 Å². The molecule has 0 heterocycles. The van der Waals surface area contributed by atoms with E-state index < -0.39 is 5.91 Å². The molecule has 0 spiro atoms. The molecule has 0 unspecified atom stereocenters. The standard InChI is InChI=1S/C15H15IN2O2/c16-12-2-1-3-13(8-12)18-9-11-4-6-14(7-5-11)20-10-15(17)19/h1-8,18H,9-10H2,(H2,17,19). The van der Waals surface area contributed by atoms with Crippen molar-refractivity contribution < 1.29 is 9.53 Å². The van der Waals surface area contributed by atoms with Crippen LogP contribution in [0.3, 0.4) is 0 Å². The predicted molar refractivity (Wildman–Crippen MR) is 87.6 cm³/mol. The van der Waals surface area contributed by atoms with Gasteiger partial charge in [0.2, 0.25) is 0 Å². The van der Waals surface area contributed by atoms with Crippen LogP contribution in [0.15, 0.2) is 48.5 Å². The van der Waals surface area contributed by atoms with Crippen LogP contribution in [-0.4, -0.2) is 12.5 Å². The van der Waals surface area contributed by atoms with Gasteiger partial charge in [-0.1, -0.05) is 18.2 Å². The number of benzene rings is 2. The minimum atomic E-state index is -0.477. The van der Waals surface area contributed by atoms with E-state index in [0.717, 1.165) is 17.8 Å². The summed E-state index contributed by atoms with van der Waals surface area (Å²) in [5, 5.41) is 3.35. The van der Waals surface area contributed by atoms with Crippen molar-refractivity contribution >= 4 is 34.2 Å². The molecule has 0 bridgehead atoms. The number of hydrogen-bond acceptors (Lipinski definition) is 3. The number of hydrogen-bond donors (Lipinski definition) is 2. The molecule has 2 aromatic rings. The second-order valence-corrected chi connectivity index (χ2v) is 5.51. The Morgan fingerprint density at radius 2 is 1.95 bits per heavy atom. The number of ether oxygens (including phenoxy) is 1. The number of nitrogens with two attached hydrogens (primary N) is 1. The number of anilines is 1. The molecule has 0 aliphatic heterocycles. The van der Waals surface area contributed by atoms with Gasteiger partial charge in [-0.25, -0.2) is 0 Å². The van der Waals surface area contributed by atoms with E-state index in [0.29, 0.717) is 5.75 Å². The summed E-state index contributed by atoms with van der Waals surface area (Å²) in [4.78, 5) is 10.6. The second kappa shape index (κ2) is 7.14. The van der Waals surface area contributed by atoms with Crippen molar-refractivity contribution in [2.75, 3.05) is 11.9 Å². The zero-order valence-electron chi connectivity index (χ0n) is 10.8. The maximum Gasteiger partial charge on any atom is 0.255 e. The zero-order chi connectivity index (χ0) is 14.4. The maximum absolute atomic E-state index is 10.6. The van der Waals surface area contributed by atoms with Crippen LogP contribution in [-0.2, 0) is 11.3 Å². The summed E-state index contributed by atoms with van der Waals surface area (Å²) >= 11 is 2.28. The SMILES string of the molecule is NC(=O)COc1ccc(CNc2cccc(I)c2)cc1. The lowest BCUT2D eigenvalue weighted by molar-refractivity contribution is -0.119. The molecule has 3 N–H and O–H groups in total. The minimum Gasteiger partial charge on any atom is -0.484 e. The van der Waals surface area contributed by atoms with Crippen molar-refractivity contribution in [2.45, 2.75) is 6.54 Å². The molecule has 0 radical (unpaired) electrons. The van der Waals surface area contributed by atoms with E-state index in [-0.39, 0.29) is 6.61 Å². The van der Waals surface area contributed by atoms with Crippen LogP contribution in [0, 0.1) is 3.57 Å². The Hall–Kier alpha value is -1.76. The van der Waals surface area contributed by atoms with Gasteiger partial charge in [0.05, 0.1) is 0 Å². The Balaban J connectivity index is 1.89. The van der Waals surface area contributed by atoms with E-state index >= 15 is 0 Å². The van der Waals surface area contributed by atoms with Crippen LogP contribution in [0.5, 0.6) is 5.75 Å². The molecule has 5 heteroatoms. The fourth-order valence-corrected chi connectivity index (χ4v) is 2.20. The number of rotatable bonds is 6. The van der Waals surface area contributed by atoms with Gasteiger partial charge < -0.3 is 15.8 Å². The summed E-state index contributed by atoms with van der Waals surface area (Å²) in [6, 6.07) is 15.8. The Bertz CT molecular complexity index is 585. The molecule has 0 aliphatic carbocycles. The van der Waals surface area contributed by atoms with Crippen LogP contribution in [0.25, 0.3) is 0 Å². The maximum atomic E-state index is 10.6. The molecule has 2 aromatic carbocycles. The fourth-order valence-electron chi connectivity index (χ4n) is 1.66. The Kier molecular flexibility index (Phi) is 5.23. The Morgan fingerprint density at radius 3 is 2.60 bits per heavy atom. The van der Waals surface area contributed by atoms with Gasteiger partial charge in [-0.05, 0) is 58.5 Å². The molecule has 0 saturated heterocycles. The molecular weight excluding hydrogens is 367 g/mol. The van der Waals surface area contributed by atoms with E-state index in [4.69, 9.17) is 10.5 Å². The monoisotopic (exact) mass is 382 g/mol. The molecule has 0 aromatic heterocycles. The lowest BCUT2D eigenvalue weighted by Gasteiger charge is -2.08. The average molecular weight is 382 g/mol. The normalized spacial score (nSPS) is 10.1. The summed E-state index contributed by atoms with van der Waals surface area (Å²) in [5.41, 5.74) is 7.24. The van der Waals surface area contributed by atoms with Gasteiger partial charge in [0.1, 0.15) is 5.75 Å². The van der Waals surface area contributed by atoms with Crippen molar-refractivity contribution in [3.63, 3.8) is 0 Å². The second-order valence-electron chi connectivity index (χ2n) is 4.26. The first-order valence-electron chi connectivity index (χ1n) is 6.13.